The molecule has 3 nitrogen and oxygen atoms in total. The number of ether oxygens (including phenoxy) is 1. The third-order valence-electron chi connectivity index (χ3n) is 3.40. The molecule has 1 saturated heterocycles. The van der Waals surface area contributed by atoms with Gasteiger partial charge in [-0.05, 0) is 25.0 Å². The van der Waals surface area contributed by atoms with Crippen LogP contribution >= 0.6 is 22.9 Å². The van der Waals surface area contributed by atoms with E-state index >= 15 is 0 Å². The van der Waals surface area contributed by atoms with Gasteiger partial charge in [0.05, 0.1) is 16.5 Å². The van der Waals surface area contributed by atoms with Gasteiger partial charge in [-0.15, -0.1) is 11.3 Å². The smallest absolute Gasteiger partial charge is 0.0931 e. The fourth-order valence-electron chi connectivity index (χ4n) is 2.38. The number of halogens is 1. The Morgan fingerprint density at radius 3 is 2.71 bits per heavy atom. The van der Waals surface area contributed by atoms with Crippen molar-refractivity contribution < 1.29 is 4.74 Å². The minimum atomic E-state index is 0.310. The predicted octanol–water partition coefficient (Wildman–Crippen LogP) is 2.51. The van der Waals surface area contributed by atoms with Crippen molar-refractivity contribution >= 4 is 22.9 Å². The van der Waals surface area contributed by atoms with Crippen molar-refractivity contribution in [1.29, 1.82) is 0 Å². The summed E-state index contributed by atoms with van der Waals surface area (Å²) in [6.07, 6.45) is 2.59. The number of thiophene rings is 1. The molecule has 0 radical (unpaired) electrons. The first kappa shape index (κ1) is 13.3. The summed E-state index contributed by atoms with van der Waals surface area (Å²) in [5.41, 5.74) is 5.90. The number of piperidine rings is 1. The summed E-state index contributed by atoms with van der Waals surface area (Å²) >= 11 is 7.62. The lowest BCUT2D eigenvalue weighted by Gasteiger charge is -2.36. The molecular weight excluding hydrogens is 256 g/mol. The van der Waals surface area contributed by atoms with Gasteiger partial charge in [0.25, 0.3) is 0 Å². The molecule has 0 saturated carbocycles. The third-order valence-corrected chi connectivity index (χ3v) is 4.73. The topological polar surface area (TPSA) is 38.5 Å². The number of nitrogens with two attached hydrogens (primary N) is 1. The molecule has 1 aromatic rings. The predicted molar refractivity (Wildman–Crippen MR) is 72.7 cm³/mol. The molecule has 2 rings (SSSR count). The minimum absolute atomic E-state index is 0.310. The van der Waals surface area contributed by atoms with Crippen molar-refractivity contribution in [3.05, 3.63) is 21.3 Å². The van der Waals surface area contributed by atoms with Crippen LogP contribution in [0.3, 0.4) is 0 Å². The van der Waals surface area contributed by atoms with Gasteiger partial charge in [-0.1, -0.05) is 11.6 Å². The Hall–Kier alpha value is -0.130. The van der Waals surface area contributed by atoms with Gasteiger partial charge in [-0.3, -0.25) is 4.90 Å². The Morgan fingerprint density at radius 2 is 2.24 bits per heavy atom. The van der Waals surface area contributed by atoms with Crippen molar-refractivity contribution in [1.82, 2.24) is 4.90 Å². The summed E-state index contributed by atoms with van der Waals surface area (Å²) in [6.45, 7) is 2.75. The molecule has 2 heterocycles. The van der Waals surface area contributed by atoms with Crippen molar-refractivity contribution in [2.45, 2.75) is 25.0 Å². The first-order valence-electron chi connectivity index (χ1n) is 5.96. The minimum Gasteiger partial charge on any atom is -0.381 e. The molecule has 5 heteroatoms. The van der Waals surface area contributed by atoms with Gasteiger partial charge >= 0.3 is 0 Å². The van der Waals surface area contributed by atoms with Crippen LogP contribution in [0.1, 0.15) is 23.8 Å². The van der Waals surface area contributed by atoms with E-state index in [1.54, 1.807) is 18.4 Å². The quantitative estimate of drug-likeness (QED) is 0.917. The first-order valence-corrected chi connectivity index (χ1v) is 7.16. The Kier molecular flexibility index (Phi) is 4.82. The van der Waals surface area contributed by atoms with Crippen LogP contribution in [0, 0.1) is 0 Å². The monoisotopic (exact) mass is 274 g/mol. The molecule has 1 atom stereocenters. The number of likely N-dealkylation sites (tertiary alicyclic amines) is 1. The molecule has 1 unspecified atom stereocenters. The third kappa shape index (κ3) is 3.20. The van der Waals surface area contributed by atoms with Gasteiger partial charge in [-0.25, -0.2) is 0 Å². The van der Waals surface area contributed by atoms with E-state index in [1.165, 1.54) is 4.88 Å². The lowest BCUT2D eigenvalue weighted by Crippen LogP contribution is -2.41. The Balaban J connectivity index is 2.00. The fraction of sp³-hybridized carbons (Fsp3) is 0.667. The maximum atomic E-state index is 5.99. The second-order valence-corrected chi connectivity index (χ2v) is 6.11. The van der Waals surface area contributed by atoms with Crippen molar-refractivity contribution in [3.8, 4) is 0 Å². The molecule has 2 N–H and O–H groups in total. The van der Waals surface area contributed by atoms with E-state index in [0.29, 0.717) is 18.7 Å². The van der Waals surface area contributed by atoms with E-state index in [0.717, 1.165) is 30.3 Å². The molecule has 17 heavy (non-hydrogen) atoms. The number of methoxy groups -OCH3 is 1. The summed E-state index contributed by atoms with van der Waals surface area (Å²) in [4.78, 5) is 3.71. The number of rotatable bonds is 4. The molecule has 1 aliphatic heterocycles. The van der Waals surface area contributed by atoms with Gasteiger partial charge in [0.2, 0.25) is 0 Å². The van der Waals surface area contributed by atoms with Gasteiger partial charge in [0.15, 0.2) is 0 Å². The highest BCUT2D eigenvalue weighted by Crippen LogP contribution is 2.31. The number of nitrogens with zero attached hydrogens (tertiary/aromatic N) is 1. The molecule has 0 aromatic carbocycles. The van der Waals surface area contributed by atoms with Crippen LogP contribution in [0.15, 0.2) is 12.1 Å². The zero-order valence-corrected chi connectivity index (χ0v) is 11.6. The van der Waals surface area contributed by atoms with Crippen LogP contribution in [0.4, 0.5) is 0 Å². The second kappa shape index (κ2) is 6.16. The van der Waals surface area contributed by atoms with Crippen LogP contribution in [0.5, 0.6) is 0 Å². The lowest BCUT2D eigenvalue weighted by atomic mass is 10.0. The van der Waals surface area contributed by atoms with Gasteiger partial charge in [0.1, 0.15) is 0 Å². The summed E-state index contributed by atoms with van der Waals surface area (Å²) in [5, 5.41) is 0. The Bertz CT molecular complexity index is 350. The Morgan fingerprint density at radius 1 is 1.53 bits per heavy atom. The molecule has 0 aliphatic carbocycles. The highest BCUT2D eigenvalue weighted by atomic mass is 35.5. The first-order chi connectivity index (χ1) is 8.24. The largest absolute Gasteiger partial charge is 0.381 e. The summed E-state index contributed by atoms with van der Waals surface area (Å²) < 4.78 is 6.22. The molecule has 0 amide bonds. The van der Waals surface area contributed by atoms with Gasteiger partial charge in [-0.2, -0.15) is 0 Å². The zero-order chi connectivity index (χ0) is 12.3. The van der Waals surface area contributed by atoms with E-state index in [9.17, 15) is 0 Å². The number of hydrogen-bond acceptors (Lipinski definition) is 4. The highest BCUT2D eigenvalue weighted by Gasteiger charge is 2.25. The molecule has 1 aromatic heterocycles. The van der Waals surface area contributed by atoms with E-state index in [2.05, 4.69) is 11.0 Å². The van der Waals surface area contributed by atoms with Crippen molar-refractivity contribution in [2.75, 3.05) is 26.7 Å². The Labute approximate surface area is 112 Å². The van der Waals surface area contributed by atoms with Crippen LogP contribution in [-0.2, 0) is 4.74 Å². The molecule has 96 valence electrons. The molecule has 1 fully saturated rings. The fourth-order valence-corrected chi connectivity index (χ4v) is 3.58. The van der Waals surface area contributed by atoms with Gasteiger partial charge < -0.3 is 10.5 Å². The van der Waals surface area contributed by atoms with Crippen molar-refractivity contribution in [2.24, 2.45) is 5.73 Å². The van der Waals surface area contributed by atoms with E-state index in [4.69, 9.17) is 22.1 Å². The summed E-state index contributed by atoms with van der Waals surface area (Å²) in [5.74, 6) is 0. The lowest BCUT2D eigenvalue weighted by molar-refractivity contribution is 0.0285. The average Bonchev–Trinajstić information content (AvgIpc) is 2.78. The van der Waals surface area contributed by atoms with Crippen LogP contribution in [0.25, 0.3) is 0 Å². The normalized spacial score (nSPS) is 20.6. The van der Waals surface area contributed by atoms with E-state index < -0.39 is 0 Å². The van der Waals surface area contributed by atoms with Crippen LogP contribution < -0.4 is 5.73 Å². The van der Waals surface area contributed by atoms with Crippen LogP contribution in [-0.4, -0.2) is 37.7 Å². The molecule has 0 bridgehead atoms. The molecule has 0 spiro atoms. The molecule has 1 aliphatic rings. The standard InChI is InChI=1S/C12H19ClN2OS/c1-16-9-4-6-15(7-5-9)10(8-14)11-2-3-12(13)17-11/h2-3,9-10H,4-8,14H2,1H3. The maximum Gasteiger partial charge on any atom is 0.0931 e. The van der Waals surface area contributed by atoms with Crippen molar-refractivity contribution in [3.63, 3.8) is 0 Å². The SMILES string of the molecule is COC1CCN(C(CN)c2ccc(Cl)s2)CC1. The maximum absolute atomic E-state index is 5.99. The molecular formula is C12H19ClN2OS. The van der Waals surface area contributed by atoms with E-state index in [1.807, 2.05) is 6.07 Å². The van der Waals surface area contributed by atoms with Crippen LogP contribution in [0.2, 0.25) is 4.34 Å². The summed E-state index contributed by atoms with van der Waals surface area (Å²) in [6, 6.07) is 4.35. The van der Waals surface area contributed by atoms with Gasteiger partial charge in [0, 0.05) is 31.6 Å². The second-order valence-electron chi connectivity index (χ2n) is 4.36. The zero-order valence-electron chi connectivity index (χ0n) is 10.1. The highest BCUT2D eigenvalue weighted by molar-refractivity contribution is 7.16. The number of hydrogen-bond donors (Lipinski definition) is 1. The van der Waals surface area contributed by atoms with E-state index in [-0.39, 0.29) is 0 Å². The summed E-state index contributed by atoms with van der Waals surface area (Å²) in [7, 11) is 1.79. The average molecular weight is 275 g/mol.